The molecule has 0 saturated carbocycles. The number of hydrazone groups is 1. The number of ether oxygens (including phenoxy) is 2. The summed E-state index contributed by atoms with van der Waals surface area (Å²) in [5, 5.41) is 24.4. The van der Waals surface area contributed by atoms with Crippen molar-refractivity contribution in [2.24, 2.45) is 5.10 Å². The van der Waals surface area contributed by atoms with Crippen LogP contribution in [0.4, 0.5) is 5.69 Å². The lowest BCUT2D eigenvalue weighted by atomic mass is 9.99. The number of allylic oxidation sites excluding steroid dienone is 4. The minimum absolute atomic E-state index is 0.0458. The molecule has 2 N–H and O–H groups in total. The molecule has 2 aromatic carbocycles. The SMILES string of the molecule is COc1ccc(C2=NN(c3ccc(C(=O)O)cc3)C(=O)/C2=C\C2=CC=C(CO)C2)cc1OC. The predicted octanol–water partition coefficient (Wildman–Crippen LogP) is 3.33. The molecule has 0 atom stereocenters. The third-order valence-electron chi connectivity index (χ3n) is 5.39. The number of carbonyl (C=O) groups is 2. The number of aliphatic hydroxyl groups excluding tert-OH is 1. The molecule has 1 amide bonds. The van der Waals surface area contributed by atoms with Gasteiger partial charge < -0.3 is 19.7 Å². The molecule has 8 heteroatoms. The van der Waals surface area contributed by atoms with Gasteiger partial charge in [0, 0.05) is 5.56 Å². The topological polar surface area (TPSA) is 109 Å². The molecule has 0 saturated heterocycles. The van der Waals surface area contributed by atoms with Crippen molar-refractivity contribution >= 4 is 23.3 Å². The van der Waals surface area contributed by atoms with E-state index in [1.165, 1.54) is 24.3 Å². The molecule has 168 valence electrons. The fraction of sp³-hybridized carbons (Fsp3) is 0.160. The van der Waals surface area contributed by atoms with Crippen LogP contribution in [-0.4, -0.2) is 48.6 Å². The van der Waals surface area contributed by atoms with E-state index in [2.05, 4.69) is 5.10 Å². The Hall–Kier alpha value is -4.17. The molecule has 8 nitrogen and oxygen atoms in total. The van der Waals surface area contributed by atoms with Gasteiger partial charge in [-0.3, -0.25) is 4.79 Å². The summed E-state index contributed by atoms with van der Waals surface area (Å²) >= 11 is 0. The number of methoxy groups -OCH3 is 2. The van der Waals surface area contributed by atoms with Gasteiger partial charge in [-0.05, 0) is 66.1 Å². The number of carboxylic acid groups (broad SMARTS) is 1. The Labute approximate surface area is 190 Å². The maximum Gasteiger partial charge on any atom is 0.335 e. The van der Waals surface area contributed by atoms with Crippen molar-refractivity contribution < 1.29 is 29.3 Å². The van der Waals surface area contributed by atoms with Gasteiger partial charge in [-0.15, -0.1) is 0 Å². The number of carboxylic acids is 1. The number of aromatic carboxylic acids is 1. The Balaban J connectivity index is 1.77. The quantitative estimate of drug-likeness (QED) is 0.632. The van der Waals surface area contributed by atoms with Crippen LogP contribution in [0, 0.1) is 0 Å². The number of hydrogen-bond donors (Lipinski definition) is 2. The monoisotopic (exact) mass is 446 g/mol. The Kier molecular flexibility index (Phi) is 6.10. The summed E-state index contributed by atoms with van der Waals surface area (Å²) in [6.45, 7) is -0.0458. The van der Waals surface area contributed by atoms with E-state index < -0.39 is 5.97 Å². The zero-order valence-electron chi connectivity index (χ0n) is 18.1. The summed E-state index contributed by atoms with van der Waals surface area (Å²) in [6.07, 6.45) is 6.01. The van der Waals surface area contributed by atoms with Crippen molar-refractivity contribution in [1.82, 2.24) is 0 Å². The summed E-state index contributed by atoms with van der Waals surface area (Å²) in [5.74, 6) is -0.350. The van der Waals surface area contributed by atoms with Gasteiger partial charge in [-0.1, -0.05) is 12.2 Å². The lowest BCUT2D eigenvalue weighted by molar-refractivity contribution is -0.114. The van der Waals surface area contributed by atoms with Crippen LogP contribution in [-0.2, 0) is 4.79 Å². The highest BCUT2D eigenvalue weighted by molar-refractivity contribution is 6.35. The second-order valence-corrected chi connectivity index (χ2v) is 7.45. The van der Waals surface area contributed by atoms with Gasteiger partial charge in [-0.25, -0.2) is 4.79 Å². The third kappa shape index (κ3) is 4.28. The highest BCUT2D eigenvalue weighted by atomic mass is 16.5. The first-order valence-corrected chi connectivity index (χ1v) is 10.2. The van der Waals surface area contributed by atoms with E-state index >= 15 is 0 Å². The summed E-state index contributed by atoms with van der Waals surface area (Å²) < 4.78 is 10.7. The van der Waals surface area contributed by atoms with Crippen LogP contribution in [0.25, 0.3) is 0 Å². The molecule has 1 heterocycles. The zero-order chi connectivity index (χ0) is 23.5. The molecule has 1 aliphatic carbocycles. The molecule has 0 radical (unpaired) electrons. The van der Waals surface area contributed by atoms with E-state index in [1.54, 1.807) is 43.5 Å². The van der Waals surface area contributed by atoms with Crippen LogP contribution in [0.2, 0.25) is 0 Å². The standard InChI is InChI=1S/C25H22N2O6/c1-32-21-10-7-18(13-22(21)33-2)23-20(12-15-3-4-16(11-15)14-28)24(29)27(26-23)19-8-5-17(6-9-19)25(30)31/h3-10,12-13,28H,11,14H2,1-2H3,(H,30,31)/b20-12-. The molecule has 1 aliphatic heterocycles. The van der Waals surface area contributed by atoms with E-state index in [9.17, 15) is 14.7 Å². The molecule has 33 heavy (non-hydrogen) atoms. The summed E-state index contributed by atoms with van der Waals surface area (Å²) in [7, 11) is 3.07. The highest BCUT2D eigenvalue weighted by Gasteiger charge is 2.33. The van der Waals surface area contributed by atoms with Gasteiger partial charge in [0.1, 0.15) is 5.71 Å². The molecule has 4 rings (SSSR count). The summed E-state index contributed by atoms with van der Waals surface area (Å²) in [6, 6.07) is 11.2. The van der Waals surface area contributed by atoms with E-state index in [1.807, 2.05) is 12.2 Å². The molecular formula is C25H22N2O6. The second-order valence-electron chi connectivity index (χ2n) is 7.45. The molecule has 0 aromatic heterocycles. The minimum Gasteiger partial charge on any atom is -0.493 e. The van der Waals surface area contributed by atoms with Crippen LogP contribution in [0.1, 0.15) is 22.3 Å². The van der Waals surface area contributed by atoms with Crippen LogP contribution in [0.5, 0.6) is 11.5 Å². The van der Waals surface area contributed by atoms with Crippen molar-refractivity contribution in [3.63, 3.8) is 0 Å². The van der Waals surface area contributed by atoms with Crippen molar-refractivity contribution in [1.29, 1.82) is 0 Å². The van der Waals surface area contributed by atoms with Gasteiger partial charge >= 0.3 is 5.97 Å². The summed E-state index contributed by atoms with van der Waals surface area (Å²) in [4.78, 5) is 24.6. The fourth-order valence-electron chi connectivity index (χ4n) is 3.66. The summed E-state index contributed by atoms with van der Waals surface area (Å²) in [5.41, 5.74) is 3.78. The van der Waals surface area contributed by atoms with Crippen LogP contribution < -0.4 is 14.5 Å². The molecule has 0 unspecified atom stereocenters. The molecule has 2 aliphatic rings. The largest absolute Gasteiger partial charge is 0.493 e. The molecule has 0 spiro atoms. The smallest absolute Gasteiger partial charge is 0.335 e. The van der Waals surface area contributed by atoms with Crippen LogP contribution in [0.15, 0.2) is 82.5 Å². The van der Waals surface area contributed by atoms with Gasteiger partial charge in [0.15, 0.2) is 11.5 Å². The average molecular weight is 446 g/mol. The van der Waals surface area contributed by atoms with E-state index in [-0.39, 0.29) is 18.1 Å². The van der Waals surface area contributed by atoms with Crippen molar-refractivity contribution in [2.75, 3.05) is 25.8 Å². The minimum atomic E-state index is -1.05. The number of amides is 1. The predicted molar refractivity (Wildman–Crippen MR) is 123 cm³/mol. The maximum atomic E-state index is 13.4. The normalized spacial score (nSPS) is 16.6. The lowest BCUT2D eigenvalue weighted by Crippen LogP contribution is -2.21. The third-order valence-corrected chi connectivity index (χ3v) is 5.39. The first-order valence-electron chi connectivity index (χ1n) is 10.2. The Morgan fingerprint density at radius 2 is 1.82 bits per heavy atom. The van der Waals surface area contributed by atoms with Crippen molar-refractivity contribution in [3.05, 3.63) is 88.5 Å². The van der Waals surface area contributed by atoms with Gasteiger partial charge in [0.2, 0.25) is 0 Å². The first-order chi connectivity index (χ1) is 15.9. The number of aliphatic hydroxyl groups is 1. The number of hydrogen-bond acceptors (Lipinski definition) is 6. The van der Waals surface area contributed by atoms with Crippen molar-refractivity contribution in [3.8, 4) is 11.5 Å². The second kappa shape index (κ2) is 9.13. The molecule has 0 fully saturated rings. The number of rotatable bonds is 7. The van der Waals surface area contributed by atoms with E-state index in [4.69, 9.17) is 14.6 Å². The number of anilines is 1. The average Bonchev–Trinajstić information content (AvgIpc) is 3.43. The zero-order valence-corrected chi connectivity index (χ0v) is 18.1. The lowest BCUT2D eigenvalue weighted by Gasteiger charge is -2.11. The molecule has 2 aromatic rings. The van der Waals surface area contributed by atoms with E-state index in [0.29, 0.717) is 40.5 Å². The van der Waals surface area contributed by atoms with Gasteiger partial charge in [0.25, 0.3) is 5.91 Å². The highest BCUT2D eigenvalue weighted by Crippen LogP contribution is 2.33. The van der Waals surface area contributed by atoms with Crippen LogP contribution >= 0.6 is 0 Å². The number of benzene rings is 2. The number of nitrogens with zero attached hydrogens (tertiary/aromatic N) is 2. The van der Waals surface area contributed by atoms with Gasteiger partial charge in [0.05, 0.1) is 37.7 Å². The molecule has 0 bridgehead atoms. The Morgan fingerprint density at radius 3 is 2.42 bits per heavy atom. The van der Waals surface area contributed by atoms with Crippen molar-refractivity contribution in [2.45, 2.75) is 6.42 Å². The Bertz CT molecular complexity index is 1240. The van der Waals surface area contributed by atoms with Gasteiger partial charge in [-0.2, -0.15) is 10.1 Å². The fourth-order valence-corrected chi connectivity index (χ4v) is 3.66. The maximum absolute atomic E-state index is 13.4. The van der Waals surface area contributed by atoms with E-state index in [0.717, 1.165) is 11.1 Å². The van der Waals surface area contributed by atoms with Crippen LogP contribution in [0.3, 0.4) is 0 Å². The first kappa shape index (κ1) is 22.0. The number of carbonyl (C=O) groups excluding carboxylic acids is 1. The molecular weight excluding hydrogens is 424 g/mol. The Morgan fingerprint density at radius 1 is 1.09 bits per heavy atom.